The molecule has 4 heteroatoms. The molecule has 3 rings (SSSR count). The first-order chi connectivity index (χ1) is 9.70. The number of hydrogen-bond donors (Lipinski definition) is 1. The average molecular weight is 293 g/mol. The van der Waals surface area contributed by atoms with E-state index in [4.69, 9.17) is 11.6 Å². The van der Waals surface area contributed by atoms with Crippen LogP contribution in [0.1, 0.15) is 32.1 Å². The number of carbonyl (C=O) groups is 1. The van der Waals surface area contributed by atoms with Crippen molar-refractivity contribution in [1.29, 1.82) is 0 Å². The summed E-state index contributed by atoms with van der Waals surface area (Å²) in [5, 5.41) is 3.64. The molecule has 2 fully saturated rings. The molecule has 3 nitrogen and oxygen atoms in total. The average Bonchev–Trinajstić information content (AvgIpc) is 3.27. The van der Waals surface area contributed by atoms with Crippen LogP contribution in [0, 0.1) is 5.92 Å². The maximum atomic E-state index is 12.0. The Hall–Kier alpha value is -1.06. The van der Waals surface area contributed by atoms with Crippen LogP contribution in [0.5, 0.6) is 0 Å². The summed E-state index contributed by atoms with van der Waals surface area (Å²) >= 11 is 5.83. The van der Waals surface area contributed by atoms with Gasteiger partial charge in [-0.15, -0.1) is 0 Å². The highest BCUT2D eigenvalue weighted by atomic mass is 35.5. The van der Waals surface area contributed by atoms with E-state index in [-0.39, 0.29) is 5.91 Å². The summed E-state index contributed by atoms with van der Waals surface area (Å²) in [6.07, 6.45) is 5.71. The van der Waals surface area contributed by atoms with Gasteiger partial charge in [0.15, 0.2) is 0 Å². The Bertz CT molecular complexity index is 462. The molecule has 20 heavy (non-hydrogen) atoms. The zero-order valence-corrected chi connectivity index (χ0v) is 12.4. The first-order valence-electron chi connectivity index (χ1n) is 7.50. The lowest BCUT2D eigenvalue weighted by Crippen LogP contribution is -2.36. The fourth-order valence-corrected chi connectivity index (χ4v) is 3.10. The minimum atomic E-state index is 0.122. The van der Waals surface area contributed by atoms with E-state index in [2.05, 4.69) is 10.2 Å². The Morgan fingerprint density at radius 3 is 2.40 bits per heavy atom. The lowest BCUT2D eigenvalue weighted by Gasteiger charge is -2.31. The molecule has 0 aromatic heterocycles. The van der Waals surface area contributed by atoms with E-state index in [1.165, 1.54) is 25.9 Å². The molecule has 1 N–H and O–H groups in total. The van der Waals surface area contributed by atoms with Crippen molar-refractivity contribution >= 4 is 23.2 Å². The number of amides is 1. The minimum Gasteiger partial charge on any atom is -0.326 e. The zero-order chi connectivity index (χ0) is 13.9. The van der Waals surface area contributed by atoms with Gasteiger partial charge < -0.3 is 10.2 Å². The van der Waals surface area contributed by atoms with Gasteiger partial charge in [0, 0.05) is 23.2 Å². The second kappa shape index (κ2) is 6.15. The van der Waals surface area contributed by atoms with E-state index in [1.54, 1.807) is 12.1 Å². The van der Waals surface area contributed by atoms with Crippen molar-refractivity contribution in [2.24, 2.45) is 5.92 Å². The van der Waals surface area contributed by atoms with Crippen LogP contribution in [0.3, 0.4) is 0 Å². The summed E-state index contributed by atoms with van der Waals surface area (Å²) in [5.74, 6) is 0.662. The topological polar surface area (TPSA) is 32.3 Å². The van der Waals surface area contributed by atoms with Crippen LogP contribution in [0.4, 0.5) is 5.69 Å². The third-order valence-corrected chi connectivity index (χ3v) is 4.57. The molecule has 1 aliphatic heterocycles. The number of piperidine rings is 1. The van der Waals surface area contributed by atoms with Crippen LogP contribution in [0.25, 0.3) is 0 Å². The third kappa shape index (κ3) is 3.74. The molecular formula is C16H21ClN2O. The SMILES string of the molecule is O=C(CC1CCN(C2CC2)CC1)Nc1ccc(Cl)cc1. The maximum Gasteiger partial charge on any atom is 0.224 e. The molecule has 0 atom stereocenters. The zero-order valence-electron chi connectivity index (χ0n) is 11.6. The first kappa shape index (κ1) is 13.9. The highest BCUT2D eigenvalue weighted by molar-refractivity contribution is 6.30. The summed E-state index contributed by atoms with van der Waals surface area (Å²) < 4.78 is 0. The fraction of sp³-hybridized carbons (Fsp3) is 0.562. The van der Waals surface area contributed by atoms with E-state index in [0.29, 0.717) is 17.4 Å². The van der Waals surface area contributed by atoms with Gasteiger partial charge in [-0.25, -0.2) is 0 Å². The van der Waals surface area contributed by atoms with Gasteiger partial charge in [-0.3, -0.25) is 4.79 Å². The molecule has 0 radical (unpaired) electrons. The highest BCUT2D eigenvalue weighted by Gasteiger charge is 2.32. The summed E-state index contributed by atoms with van der Waals surface area (Å²) in [6, 6.07) is 8.14. The number of anilines is 1. The predicted octanol–water partition coefficient (Wildman–Crippen LogP) is 3.54. The molecule has 1 aromatic rings. The van der Waals surface area contributed by atoms with Gasteiger partial charge in [0.25, 0.3) is 0 Å². The molecule has 0 bridgehead atoms. The van der Waals surface area contributed by atoms with Gasteiger partial charge in [0.05, 0.1) is 0 Å². The Kier molecular flexibility index (Phi) is 4.27. The lowest BCUT2D eigenvalue weighted by atomic mass is 9.93. The number of likely N-dealkylation sites (tertiary alicyclic amines) is 1. The number of benzene rings is 1. The highest BCUT2D eigenvalue weighted by Crippen LogP contribution is 2.31. The van der Waals surface area contributed by atoms with Crippen molar-refractivity contribution in [1.82, 2.24) is 4.90 Å². The second-order valence-corrected chi connectivity index (χ2v) is 6.41. The van der Waals surface area contributed by atoms with E-state index in [9.17, 15) is 4.79 Å². The largest absolute Gasteiger partial charge is 0.326 e. The molecule has 0 spiro atoms. The second-order valence-electron chi connectivity index (χ2n) is 5.97. The third-order valence-electron chi connectivity index (χ3n) is 4.31. The molecule has 1 aromatic carbocycles. The quantitative estimate of drug-likeness (QED) is 0.920. The molecular weight excluding hydrogens is 272 g/mol. The van der Waals surface area contributed by atoms with Crippen molar-refractivity contribution in [3.63, 3.8) is 0 Å². The number of hydrogen-bond acceptors (Lipinski definition) is 2. The molecule has 1 amide bonds. The van der Waals surface area contributed by atoms with Crippen LogP contribution in [-0.4, -0.2) is 29.9 Å². The number of halogens is 1. The van der Waals surface area contributed by atoms with Crippen LogP contribution >= 0.6 is 11.6 Å². The Morgan fingerprint density at radius 2 is 1.80 bits per heavy atom. The standard InChI is InChI=1S/C16H21ClN2O/c17-13-1-3-14(4-2-13)18-16(20)11-12-7-9-19(10-8-12)15-5-6-15/h1-4,12,15H,5-11H2,(H,18,20). The van der Waals surface area contributed by atoms with Crippen LogP contribution in [-0.2, 0) is 4.79 Å². The summed E-state index contributed by atoms with van der Waals surface area (Å²) in [6.45, 7) is 2.34. The number of rotatable bonds is 4. The molecule has 1 saturated carbocycles. The molecule has 2 aliphatic rings. The van der Waals surface area contributed by atoms with E-state index in [0.717, 1.165) is 24.6 Å². The van der Waals surface area contributed by atoms with Gasteiger partial charge >= 0.3 is 0 Å². The number of nitrogens with zero attached hydrogens (tertiary/aromatic N) is 1. The van der Waals surface area contributed by atoms with E-state index >= 15 is 0 Å². The molecule has 1 saturated heterocycles. The van der Waals surface area contributed by atoms with Crippen LogP contribution < -0.4 is 5.32 Å². The monoisotopic (exact) mass is 292 g/mol. The summed E-state index contributed by atoms with van der Waals surface area (Å²) in [7, 11) is 0. The Labute approximate surface area is 125 Å². The van der Waals surface area contributed by atoms with Gasteiger partial charge in [-0.05, 0) is 69.0 Å². The van der Waals surface area contributed by atoms with E-state index < -0.39 is 0 Å². The Morgan fingerprint density at radius 1 is 1.15 bits per heavy atom. The van der Waals surface area contributed by atoms with Crippen molar-refractivity contribution in [2.45, 2.75) is 38.1 Å². The van der Waals surface area contributed by atoms with Gasteiger partial charge in [-0.2, -0.15) is 0 Å². The van der Waals surface area contributed by atoms with Crippen molar-refractivity contribution in [2.75, 3.05) is 18.4 Å². The van der Waals surface area contributed by atoms with Crippen molar-refractivity contribution in [3.8, 4) is 0 Å². The van der Waals surface area contributed by atoms with Gasteiger partial charge in [0.1, 0.15) is 0 Å². The Balaban J connectivity index is 1.43. The van der Waals surface area contributed by atoms with Crippen molar-refractivity contribution in [3.05, 3.63) is 29.3 Å². The van der Waals surface area contributed by atoms with Gasteiger partial charge in [0.2, 0.25) is 5.91 Å². The first-order valence-corrected chi connectivity index (χ1v) is 7.88. The molecule has 1 heterocycles. The summed E-state index contributed by atoms with van der Waals surface area (Å²) in [4.78, 5) is 14.6. The molecule has 1 aliphatic carbocycles. The van der Waals surface area contributed by atoms with Crippen LogP contribution in [0.15, 0.2) is 24.3 Å². The predicted molar refractivity (Wildman–Crippen MR) is 82.0 cm³/mol. The minimum absolute atomic E-state index is 0.122. The smallest absolute Gasteiger partial charge is 0.224 e. The molecule has 108 valence electrons. The van der Waals surface area contributed by atoms with E-state index in [1.807, 2.05) is 12.1 Å². The normalized spacial score (nSPS) is 20.9. The number of nitrogens with one attached hydrogen (secondary N) is 1. The summed E-state index contributed by atoms with van der Waals surface area (Å²) in [5.41, 5.74) is 0.829. The molecule has 0 unspecified atom stereocenters. The lowest BCUT2D eigenvalue weighted by molar-refractivity contribution is -0.117. The fourth-order valence-electron chi connectivity index (χ4n) is 2.97. The van der Waals surface area contributed by atoms with Crippen molar-refractivity contribution < 1.29 is 4.79 Å². The number of carbonyl (C=O) groups excluding carboxylic acids is 1. The van der Waals surface area contributed by atoms with Crippen LogP contribution in [0.2, 0.25) is 5.02 Å². The van der Waals surface area contributed by atoms with Gasteiger partial charge in [-0.1, -0.05) is 11.6 Å². The maximum absolute atomic E-state index is 12.0.